The van der Waals surface area contributed by atoms with Gasteiger partial charge in [-0.3, -0.25) is 4.79 Å². The summed E-state index contributed by atoms with van der Waals surface area (Å²) in [7, 11) is 0. The third kappa shape index (κ3) is 4.12. The Bertz CT molecular complexity index is 814. The van der Waals surface area contributed by atoms with E-state index in [1.807, 2.05) is 13.8 Å². The Morgan fingerprint density at radius 2 is 2.04 bits per heavy atom. The van der Waals surface area contributed by atoms with Gasteiger partial charge in [-0.15, -0.1) is 11.3 Å². The summed E-state index contributed by atoms with van der Waals surface area (Å²) in [6.07, 6.45) is 1.85. The van der Waals surface area contributed by atoms with Crippen LogP contribution in [0.5, 0.6) is 0 Å². The predicted octanol–water partition coefficient (Wildman–Crippen LogP) is 5.66. The van der Waals surface area contributed by atoms with Gasteiger partial charge >= 0.3 is 5.97 Å². The second-order valence-electron chi connectivity index (χ2n) is 5.72. The first-order chi connectivity index (χ1) is 12.5. The van der Waals surface area contributed by atoms with Gasteiger partial charge in [-0.25, -0.2) is 9.18 Å². The first kappa shape index (κ1) is 20.1. The standard InChI is InChI=1S/C18H18FNO3S.C2H6/c1-3-23-18(22)15-11-5-4-6-14(21)16(11)24-17(15)20-13-8-7-10(2)9-12(13)19;1-2/h7-9,20H,3-6H2,1-2H3;1-2H3. The zero-order valence-corrected chi connectivity index (χ0v) is 16.4. The van der Waals surface area contributed by atoms with Crippen LogP contribution in [0.1, 0.15) is 64.8 Å². The fraction of sp³-hybridized carbons (Fsp3) is 0.400. The fourth-order valence-electron chi connectivity index (χ4n) is 2.82. The molecule has 0 saturated carbocycles. The summed E-state index contributed by atoms with van der Waals surface area (Å²) >= 11 is 1.20. The molecule has 0 atom stereocenters. The second kappa shape index (κ2) is 8.94. The van der Waals surface area contributed by atoms with Gasteiger partial charge in [-0.1, -0.05) is 19.9 Å². The van der Waals surface area contributed by atoms with Crippen molar-refractivity contribution in [3.05, 3.63) is 45.6 Å². The minimum atomic E-state index is -0.472. The molecule has 1 aliphatic rings. The van der Waals surface area contributed by atoms with Crippen LogP contribution in [0, 0.1) is 12.7 Å². The molecule has 3 rings (SSSR count). The lowest BCUT2D eigenvalue weighted by atomic mass is 9.94. The van der Waals surface area contributed by atoms with Crippen molar-refractivity contribution in [3.8, 4) is 0 Å². The number of rotatable bonds is 4. The molecule has 0 amide bonds. The van der Waals surface area contributed by atoms with Crippen LogP contribution in [-0.2, 0) is 11.2 Å². The van der Waals surface area contributed by atoms with Crippen LogP contribution in [0.2, 0.25) is 0 Å². The lowest BCUT2D eigenvalue weighted by molar-refractivity contribution is 0.0527. The number of esters is 1. The van der Waals surface area contributed by atoms with E-state index in [1.165, 1.54) is 17.4 Å². The van der Waals surface area contributed by atoms with E-state index in [2.05, 4.69) is 5.32 Å². The number of anilines is 2. The number of ether oxygens (including phenoxy) is 1. The summed E-state index contributed by atoms with van der Waals surface area (Å²) in [5.74, 6) is -0.841. The van der Waals surface area contributed by atoms with E-state index >= 15 is 0 Å². The lowest BCUT2D eigenvalue weighted by Crippen LogP contribution is -2.13. The van der Waals surface area contributed by atoms with Crippen molar-refractivity contribution in [1.82, 2.24) is 0 Å². The minimum absolute atomic E-state index is 0.0317. The van der Waals surface area contributed by atoms with E-state index < -0.39 is 11.8 Å². The highest BCUT2D eigenvalue weighted by atomic mass is 32.1. The molecule has 1 aromatic heterocycles. The van der Waals surface area contributed by atoms with Gasteiger partial charge in [0.1, 0.15) is 10.8 Å². The first-order valence-electron chi connectivity index (χ1n) is 8.90. The number of carbonyl (C=O) groups excluding carboxylic acids is 2. The molecule has 0 aliphatic heterocycles. The zero-order valence-electron chi connectivity index (χ0n) is 15.6. The minimum Gasteiger partial charge on any atom is -0.462 e. The molecule has 0 bridgehead atoms. The number of ketones is 1. The second-order valence-corrected chi connectivity index (χ2v) is 6.74. The number of halogens is 1. The van der Waals surface area contributed by atoms with Crippen LogP contribution in [0.4, 0.5) is 15.1 Å². The molecule has 0 radical (unpaired) electrons. The van der Waals surface area contributed by atoms with Crippen LogP contribution in [-0.4, -0.2) is 18.4 Å². The maximum absolute atomic E-state index is 14.1. The van der Waals surface area contributed by atoms with Gasteiger partial charge in [0.25, 0.3) is 0 Å². The summed E-state index contributed by atoms with van der Waals surface area (Å²) in [6.45, 7) is 7.78. The topological polar surface area (TPSA) is 55.4 Å². The molecule has 0 fully saturated rings. The monoisotopic (exact) mass is 377 g/mol. The van der Waals surface area contributed by atoms with Crippen LogP contribution in [0.15, 0.2) is 18.2 Å². The maximum atomic E-state index is 14.1. The van der Waals surface area contributed by atoms with E-state index in [-0.39, 0.29) is 18.1 Å². The predicted molar refractivity (Wildman–Crippen MR) is 103 cm³/mol. The number of aryl methyl sites for hydroxylation is 1. The third-order valence-corrected chi connectivity index (χ3v) is 5.13. The Hall–Kier alpha value is -2.21. The zero-order chi connectivity index (χ0) is 19.3. The van der Waals surface area contributed by atoms with Crippen molar-refractivity contribution in [3.63, 3.8) is 0 Å². The lowest BCUT2D eigenvalue weighted by Gasteiger charge is -2.12. The van der Waals surface area contributed by atoms with Crippen molar-refractivity contribution >= 4 is 33.8 Å². The molecule has 1 N–H and O–H groups in total. The molecule has 0 spiro atoms. The SMILES string of the molecule is CC.CCOC(=O)c1c(Nc2ccc(C)cc2F)sc2c1CCCC2=O. The summed E-state index contributed by atoms with van der Waals surface area (Å²) in [4.78, 5) is 25.1. The summed E-state index contributed by atoms with van der Waals surface area (Å²) in [6, 6.07) is 4.83. The Labute approximate surface area is 157 Å². The molecular formula is C20H24FNO3S. The Morgan fingerprint density at radius 3 is 2.69 bits per heavy atom. The van der Waals surface area contributed by atoms with Gasteiger partial charge in [0, 0.05) is 6.42 Å². The van der Waals surface area contributed by atoms with Crippen molar-refractivity contribution in [2.75, 3.05) is 11.9 Å². The number of benzene rings is 1. The van der Waals surface area contributed by atoms with Crippen LogP contribution in [0.25, 0.3) is 0 Å². The normalized spacial score (nSPS) is 12.7. The maximum Gasteiger partial charge on any atom is 0.341 e. The van der Waals surface area contributed by atoms with Gasteiger partial charge in [0.15, 0.2) is 5.78 Å². The van der Waals surface area contributed by atoms with E-state index in [0.717, 1.165) is 11.1 Å². The molecular weight excluding hydrogens is 353 g/mol. The van der Waals surface area contributed by atoms with Crippen LogP contribution in [0.3, 0.4) is 0 Å². The third-order valence-electron chi connectivity index (χ3n) is 3.94. The number of thiophene rings is 1. The van der Waals surface area contributed by atoms with Gasteiger partial charge in [-0.2, -0.15) is 0 Å². The summed E-state index contributed by atoms with van der Waals surface area (Å²) < 4.78 is 19.3. The molecule has 6 heteroatoms. The number of Topliss-reactive ketones (excluding diaryl/α,β-unsaturated/α-hetero) is 1. The average molecular weight is 377 g/mol. The van der Waals surface area contributed by atoms with Crippen molar-refractivity contribution in [2.45, 2.75) is 47.0 Å². The Kier molecular flexibility index (Phi) is 6.91. The van der Waals surface area contributed by atoms with Gasteiger partial charge in [0.05, 0.1) is 22.7 Å². The van der Waals surface area contributed by atoms with E-state index in [0.29, 0.717) is 34.7 Å². The van der Waals surface area contributed by atoms with E-state index in [1.54, 1.807) is 26.0 Å². The highest BCUT2D eigenvalue weighted by molar-refractivity contribution is 7.18. The number of hydrogen-bond acceptors (Lipinski definition) is 5. The molecule has 0 saturated heterocycles. The fourth-order valence-corrected chi connectivity index (χ4v) is 4.04. The molecule has 26 heavy (non-hydrogen) atoms. The summed E-state index contributed by atoms with van der Waals surface area (Å²) in [5, 5.41) is 3.44. The van der Waals surface area contributed by atoms with Crippen molar-refractivity contribution < 1.29 is 18.7 Å². The number of hydrogen-bond donors (Lipinski definition) is 1. The molecule has 1 heterocycles. The van der Waals surface area contributed by atoms with E-state index in [9.17, 15) is 14.0 Å². The van der Waals surface area contributed by atoms with Gasteiger partial charge in [-0.05, 0) is 49.9 Å². The Morgan fingerprint density at radius 1 is 1.31 bits per heavy atom. The molecule has 2 aromatic rings. The highest BCUT2D eigenvalue weighted by Gasteiger charge is 2.30. The van der Waals surface area contributed by atoms with Crippen LogP contribution < -0.4 is 5.32 Å². The quantitative estimate of drug-likeness (QED) is 0.698. The molecule has 1 aromatic carbocycles. The van der Waals surface area contributed by atoms with Gasteiger partial charge in [0.2, 0.25) is 0 Å². The summed E-state index contributed by atoms with van der Waals surface area (Å²) in [5.41, 5.74) is 2.18. The molecule has 0 unspecified atom stereocenters. The van der Waals surface area contributed by atoms with Crippen LogP contribution >= 0.6 is 11.3 Å². The molecule has 4 nitrogen and oxygen atoms in total. The first-order valence-corrected chi connectivity index (χ1v) is 9.72. The number of nitrogens with one attached hydrogen (secondary N) is 1. The van der Waals surface area contributed by atoms with Gasteiger partial charge < -0.3 is 10.1 Å². The highest BCUT2D eigenvalue weighted by Crippen LogP contribution is 2.40. The molecule has 140 valence electrons. The number of carbonyl (C=O) groups is 2. The smallest absolute Gasteiger partial charge is 0.341 e. The molecule has 1 aliphatic carbocycles. The Balaban J connectivity index is 0.00000117. The van der Waals surface area contributed by atoms with Crippen molar-refractivity contribution in [1.29, 1.82) is 0 Å². The van der Waals surface area contributed by atoms with E-state index in [4.69, 9.17) is 4.74 Å². The van der Waals surface area contributed by atoms with Crippen molar-refractivity contribution in [2.24, 2.45) is 0 Å². The average Bonchev–Trinajstić information content (AvgIpc) is 2.99. The number of fused-ring (bicyclic) bond motifs is 1. The largest absolute Gasteiger partial charge is 0.462 e.